The summed E-state index contributed by atoms with van der Waals surface area (Å²) in [5.74, 6) is 1.20. The molecule has 6 nitrogen and oxygen atoms in total. The molecule has 0 heterocycles. The molecular formula is C12H17BrN4O2. The van der Waals surface area contributed by atoms with E-state index in [1.165, 1.54) is 6.21 Å². The van der Waals surface area contributed by atoms with E-state index in [1.54, 1.807) is 13.2 Å². The first-order chi connectivity index (χ1) is 9.08. The lowest BCUT2D eigenvalue weighted by Gasteiger charge is -2.12. The van der Waals surface area contributed by atoms with E-state index < -0.39 is 0 Å². The highest BCUT2D eigenvalue weighted by Gasteiger charge is 2.10. The third-order valence-electron chi connectivity index (χ3n) is 2.08. The fourth-order valence-electron chi connectivity index (χ4n) is 1.32. The van der Waals surface area contributed by atoms with E-state index in [9.17, 15) is 0 Å². The first-order valence-electron chi connectivity index (χ1n) is 5.70. The SMILES string of the molecule is CCCOc1c(Br)cc(C=NN=C(N)N)cc1OC. The maximum absolute atomic E-state index is 5.62. The second-order valence-corrected chi connectivity index (χ2v) is 4.51. The highest BCUT2D eigenvalue weighted by Crippen LogP contribution is 2.36. The molecule has 1 aromatic rings. The zero-order chi connectivity index (χ0) is 14.3. The number of nitrogens with zero attached hydrogens (tertiary/aromatic N) is 2. The molecule has 1 rings (SSSR count). The molecule has 0 aliphatic carbocycles. The molecular weight excluding hydrogens is 312 g/mol. The smallest absolute Gasteiger partial charge is 0.211 e. The Kier molecular flexibility index (Phi) is 6.14. The molecule has 0 saturated carbocycles. The minimum atomic E-state index is -0.0924. The fourth-order valence-corrected chi connectivity index (χ4v) is 1.89. The van der Waals surface area contributed by atoms with Crippen LogP contribution >= 0.6 is 15.9 Å². The van der Waals surface area contributed by atoms with E-state index in [0.29, 0.717) is 18.1 Å². The Labute approximate surface area is 120 Å². The van der Waals surface area contributed by atoms with Crippen molar-refractivity contribution < 1.29 is 9.47 Å². The molecule has 0 unspecified atom stereocenters. The quantitative estimate of drug-likeness (QED) is 0.473. The molecule has 1 aromatic carbocycles. The lowest BCUT2D eigenvalue weighted by atomic mass is 10.2. The maximum atomic E-state index is 5.62. The standard InChI is InChI=1S/C12H17BrN4O2/c1-3-4-19-11-9(13)5-8(6-10(11)18-2)7-16-17-12(14)15/h5-7H,3-4H2,1-2H3,(H4,14,15,17). The van der Waals surface area contributed by atoms with Crippen LogP contribution in [0.3, 0.4) is 0 Å². The molecule has 104 valence electrons. The van der Waals surface area contributed by atoms with Gasteiger partial charge in [0.15, 0.2) is 11.5 Å². The normalized spacial score (nSPS) is 10.5. The van der Waals surface area contributed by atoms with Gasteiger partial charge >= 0.3 is 0 Å². The highest BCUT2D eigenvalue weighted by molar-refractivity contribution is 9.10. The molecule has 0 bridgehead atoms. The number of guanidine groups is 1. The second-order valence-electron chi connectivity index (χ2n) is 3.65. The van der Waals surface area contributed by atoms with Gasteiger partial charge < -0.3 is 20.9 Å². The van der Waals surface area contributed by atoms with Crippen molar-refractivity contribution in [2.45, 2.75) is 13.3 Å². The number of methoxy groups -OCH3 is 1. The summed E-state index contributed by atoms with van der Waals surface area (Å²) in [6.45, 7) is 2.66. The summed E-state index contributed by atoms with van der Waals surface area (Å²) >= 11 is 3.44. The maximum Gasteiger partial charge on any atom is 0.211 e. The van der Waals surface area contributed by atoms with Gasteiger partial charge in [-0.05, 0) is 40.0 Å². The molecule has 0 aliphatic rings. The number of benzene rings is 1. The Morgan fingerprint density at radius 1 is 1.42 bits per heavy atom. The number of hydrogen-bond acceptors (Lipinski definition) is 4. The summed E-state index contributed by atoms with van der Waals surface area (Å²) in [5, 5.41) is 7.28. The molecule has 0 aliphatic heterocycles. The summed E-state index contributed by atoms with van der Waals surface area (Å²) in [6, 6.07) is 3.64. The van der Waals surface area contributed by atoms with Crippen LogP contribution in [0, 0.1) is 0 Å². The number of hydrogen-bond donors (Lipinski definition) is 2. The summed E-state index contributed by atoms with van der Waals surface area (Å²) < 4.78 is 11.7. The van der Waals surface area contributed by atoms with Gasteiger partial charge in [0.2, 0.25) is 5.96 Å². The first-order valence-corrected chi connectivity index (χ1v) is 6.50. The van der Waals surface area contributed by atoms with Gasteiger partial charge in [0, 0.05) is 0 Å². The van der Waals surface area contributed by atoms with E-state index in [1.807, 2.05) is 13.0 Å². The molecule has 7 heteroatoms. The summed E-state index contributed by atoms with van der Waals surface area (Å²) in [4.78, 5) is 0. The molecule has 0 atom stereocenters. The van der Waals surface area contributed by atoms with Gasteiger partial charge in [-0.15, -0.1) is 5.10 Å². The minimum absolute atomic E-state index is 0.0924. The van der Waals surface area contributed by atoms with Crippen molar-refractivity contribution in [1.82, 2.24) is 0 Å². The van der Waals surface area contributed by atoms with E-state index in [4.69, 9.17) is 20.9 Å². The predicted molar refractivity (Wildman–Crippen MR) is 79.9 cm³/mol. The Morgan fingerprint density at radius 2 is 2.16 bits per heavy atom. The third kappa shape index (κ3) is 4.78. The van der Waals surface area contributed by atoms with Crippen molar-refractivity contribution in [2.24, 2.45) is 21.7 Å². The van der Waals surface area contributed by atoms with Crippen molar-refractivity contribution in [3.05, 3.63) is 22.2 Å². The van der Waals surface area contributed by atoms with Gasteiger partial charge in [-0.3, -0.25) is 0 Å². The van der Waals surface area contributed by atoms with Crippen molar-refractivity contribution in [1.29, 1.82) is 0 Å². The molecule has 0 fully saturated rings. The van der Waals surface area contributed by atoms with Crippen LogP contribution in [0.15, 0.2) is 26.8 Å². The Balaban J connectivity index is 3.01. The largest absolute Gasteiger partial charge is 0.493 e. The van der Waals surface area contributed by atoms with Gasteiger partial charge in [0.25, 0.3) is 0 Å². The van der Waals surface area contributed by atoms with Crippen LogP contribution < -0.4 is 20.9 Å². The van der Waals surface area contributed by atoms with Crippen molar-refractivity contribution >= 4 is 28.1 Å². The van der Waals surface area contributed by atoms with Crippen LogP contribution in [0.1, 0.15) is 18.9 Å². The molecule has 0 spiro atoms. The Hall–Kier alpha value is -1.76. The third-order valence-corrected chi connectivity index (χ3v) is 2.67. The van der Waals surface area contributed by atoms with Crippen molar-refractivity contribution in [3.63, 3.8) is 0 Å². The molecule has 0 saturated heterocycles. The van der Waals surface area contributed by atoms with Gasteiger partial charge in [0.05, 0.1) is 24.4 Å². The van der Waals surface area contributed by atoms with Crippen LogP contribution in [0.4, 0.5) is 0 Å². The van der Waals surface area contributed by atoms with E-state index in [0.717, 1.165) is 16.5 Å². The average Bonchev–Trinajstić information content (AvgIpc) is 2.36. The number of halogens is 1. The molecule has 0 aromatic heterocycles. The lowest BCUT2D eigenvalue weighted by Crippen LogP contribution is -2.21. The monoisotopic (exact) mass is 328 g/mol. The Bertz CT molecular complexity index is 485. The first kappa shape index (κ1) is 15.3. The topological polar surface area (TPSA) is 95.2 Å². The van der Waals surface area contributed by atoms with Crippen LogP contribution in [0.2, 0.25) is 0 Å². The predicted octanol–water partition coefficient (Wildman–Crippen LogP) is 1.85. The van der Waals surface area contributed by atoms with Gasteiger partial charge in [-0.2, -0.15) is 5.10 Å². The number of ether oxygens (including phenoxy) is 2. The zero-order valence-corrected chi connectivity index (χ0v) is 12.5. The van der Waals surface area contributed by atoms with Crippen molar-refractivity contribution in [2.75, 3.05) is 13.7 Å². The average molecular weight is 329 g/mol. The second kappa shape index (κ2) is 7.63. The zero-order valence-electron chi connectivity index (χ0n) is 10.9. The molecule has 19 heavy (non-hydrogen) atoms. The number of nitrogens with two attached hydrogens (primary N) is 2. The molecule has 0 amide bonds. The van der Waals surface area contributed by atoms with Gasteiger partial charge in [-0.1, -0.05) is 6.92 Å². The minimum Gasteiger partial charge on any atom is -0.493 e. The van der Waals surface area contributed by atoms with Crippen molar-refractivity contribution in [3.8, 4) is 11.5 Å². The summed E-state index contributed by atoms with van der Waals surface area (Å²) in [6.07, 6.45) is 2.44. The van der Waals surface area contributed by atoms with E-state index >= 15 is 0 Å². The molecule has 0 radical (unpaired) electrons. The fraction of sp³-hybridized carbons (Fsp3) is 0.333. The van der Waals surface area contributed by atoms with Crippen LogP contribution in [-0.2, 0) is 0 Å². The lowest BCUT2D eigenvalue weighted by molar-refractivity contribution is 0.292. The van der Waals surface area contributed by atoms with E-state index in [-0.39, 0.29) is 5.96 Å². The van der Waals surface area contributed by atoms with Crippen LogP contribution in [-0.4, -0.2) is 25.9 Å². The highest BCUT2D eigenvalue weighted by atomic mass is 79.9. The van der Waals surface area contributed by atoms with Crippen LogP contribution in [0.5, 0.6) is 11.5 Å². The molecule has 4 N–H and O–H groups in total. The number of rotatable bonds is 6. The van der Waals surface area contributed by atoms with Gasteiger partial charge in [-0.25, -0.2) is 0 Å². The summed E-state index contributed by atoms with van der Waals surface area (Å²) in [5.41, 5.74) is 11.2. The Morgan fingerprint density at radius 3 is 2.74 bits per heavy atom. The van der Waals surface area contributed by atoms with Crippen LogP contribution in [0.25, 0.3) is 0 Å². The van der Waals surface area contributed by atoms with Gasteiger partial charge in [0.1, 0.15) is 0 Å². The van der Waals surface area contributed by atoms with E-state index in [2.05, 4.69) is 26.1 Å². The summed E-state index contributed by atoms with van der Waals surface area (Å²) in [7, 11) is 1.58.